The van der Waals surface area contributed by atoms with Crippen LogP contribution >= 0.6 is 22.7 Å². The van der Waals surface area contributed by atoms with Crippen LogP contribution in [0.2, 0.25) is 0 Å². The lowest BCUT2D eigenvalue weighted by Crippen LogP contribution is -2.68. The maximum Gasteiger partial charge on any atom is 0.219 e. The highest BCUT2D eigenvalue weighted by Gasteiger charge is 2.08. The predicted octanol–water partition coefficient (Wildman–Crippen LogP) is 0.116. The SMILES string of the molecule is C(=C\c1cccs1)/c1cc[n+]2ccc3sccc3c2c1.[O-][Cl+3]([O-])([O-])[O-]. The molecule has 5 nitrogen and oxygen atoms in total. The number of pyridine rings is 2. The first kappa shape index (κ1) is 18.0. The summed E-state index contributed by atoms with van der Waals surface area (Å²) in [5.41, 5.74) is 2.49. The number of hydrogen-bond donors (Lipinski definition) is 0. The Morgan fingerprint density at radius 1 is 0.880 bits per heavy atom. The molecule has 4 heterocycles. The Hall–Kier alpha value is -1.84. The van der Waals surface area contributed by atoms with Gasteiger partial charge in [0.1, 0.15) is 0 Å². The van der Waals surface area contributed by atoms with Gasteiger partial charge in [0.2, 0.25) is 5.52 Å². The third-order valence-corrected chi connectivity index (χ3v) is 5.07. The van der Waals surface area contributed by atoms with Crippen LogP contribution in [-0.2, 0) is 0 Å². The van der Waals surface area contributed by atoms with Crippen molar-refractivity contribution >= 4 is 50.4 Å². The molecule has 0 aromatic carbocycles. The third kappa shape index (κ3) is 5.07. The molecule has 0 saturated heterocycles. The lowest BCUT2D eigenvalue weighted by atomic mass is 10.2. The number of aromatic nitrogens is 1. The Kier molecular flexibility index (Phi) is 5.45. The van der Waals surface area contributed by atoms with Crippen molar-refractivity contribution in [1.82, 2.24) is 0 Å². The van der Waals surface area contributed by atoms with Crippen LogP contribution in [0.15, 0.2) is 59.6 Å². The van der Waals surface area contributed by atoms with E-state index < -0.39 is 10.2 Å². The molecule has 0 N–H and O–H groups in total. The average molecular weight is 394 g/mol. The fraction of sp³-hybridized carbons (Fsp3) is 0. The molecule has 128 valence electrons. The molecule has 0 amide bonds. The number of thiophene rings is 2. The van der Waals surface area contributed by atoms with Gasteiger partial charge in [0.25, 0.3) is 0 Å². The molecule has 0 aliphatic carbocycles. The summed E-state index contributed by atoms with van der Waals surface area (Å²) in [6, 6.07) is 13.0. The van der Waals surface area contributed by atoms with Gasteiger partial charge in [-0.2, -0.15) is 4.40 Å². The highest BCUT2D eigenvalue weighted by Crippen LogP contribution is 2.23. The van der Waals surface area contributed by atoms with Gasteiger partial charge in [0.05, 0.1) is 5.39 Å². The van der Waals surface area contributed by atoms with Gasteiger partial charge >= 0.3 is 0 Å². The van der Waals surface area contributed by atoms with Gasteiger partial charge in [0, 0.05) is 27.8 Å². The molecule has 25 heavy (non-hydrogen) atoms. The minimum absolute atomic E-state index is 1.23. The summed E-state index contributed by atoms with van der Waals surface area (Å²) in [5, 5.41) is 5.58. The van der Waals surface area contributed by atoms with Crippen molar-refractivity contribution in [2.45, 2.75) is 0 Å². The van der Waals surface area contributed by atoms with Crippen LogP contribution in [0.1, 0.15) is 10.4 Å². The van der Waals surface area contributed by atoms with Crippen LogP contribution in [0.25, 0.3) is 27.8 Å². The Bertz CT molecular complexity index is 1000. The van der Waals surface area contributed by atoms with Crippen LogP contribution in [0.5, 0.6) is 0 Å². The zero-order valence-corrected chi connectivity index (χ0v) is 15.1. The fourth-order valence-electron chi connectivity index (χ4n) is 2.35. The minimum atomic E-state index is -4.94. The lowest BCUT2D eigenvalue weighted by molar-refractivity contribution is -2.00. The van der Waals surface area contributed by atoms with Crippen LogP contribution in [0.3, 0.4) is 0 Å². The molecule has 0 saturated carbocycles. The first-order valence-corrected chi connectivity index (χ1v) is 10.0. The molecule has 0 fully saturated rings. The summed E-state index contributed by atoms with van der Waals surface area (Å²) < 4.78 is 37.5. The van der Waals surface area contributed by atoms with E-state index in [-0.39, 0.29) is 0 Å². The molecule has 0 radical (unpaired) electrons. The summed E-state index contributed by atoms with van der Waals surface area (Å²) in [6.07, 6.45) is 8.60. The van der Waals surface area contributed by atoms with E-state index >= 15 is 0 Å². The summed E-state index contributed by atoms with van der Waals surface area (Å²) in [7, 11) is -4.94. The van der Waals surface area contributed by atoms with E-state index in [0.29, 0.717) is 0 Å². The third-order valence-electron chi connectivity index (χ3n) is 3.35. The molecular formula is C17H12ClNO4S2. The van der Waals surface area contributed by atoms with Crippen molar-refractivity contribution in [1.29, 1.82) is 0 Å². The molecule has 0 atom stereocenters. The van der Waals surface area contributed by atoms with Gasteiger partial charge in [0.15, 0.2) is 12.4 Å². The lowest BCUT2D eigenvalue weighted by Gasteiger charge is -2.17. The topological polar surface area (TPSA) is 96.3 Å². The molecular weight excluding hydrogens is 382 g/mol. The molecule has 4 aromatic rings. The van der Waals surface area contributed by atoms with Crippen molar-refractivity contribution in [2.24, 2.45) is 0 Å². The van der Waals surface area contributed by atoms with Crippen molar-refractivity contribution < 1.29 is 33.3 Å². The second kappa shape index (κ2) is 7.59. The number of fused-ring (bicyclic) bond motifs is 3. The number of halogens is 1. The largest absolute Gasteiger partial charge is 0.222 e. The number of rotatable bonds is 2. The standard InChI is InChI=1S/C17H12NS2.ClHO4/c1-2-14(19-10-1)4-3-13-5-8-18-9-6-17-15(7-11-20-17)16(18)12-13;2-1(3,4)5/h1-12H;(H,2,3,4,5)/q+1;/p-1/b4-3+;. The second-order valence-corrected chi connectivity index (χ2v) is 7.68. The molecule has 4 rings (SSSR count). The monoisotopic (exact) mass is 393 g/mol. The van der Waals surface area contributed by atoms with Gasteiger partial charge in [-0.3, -0.25) is 0 Å². The summed E-state index contributed by atoms with van der Waals surface area (Å²) in [4.78, 5) is 1.28. The van der Waals surface area contributed by atoms with Gasteiger partial charge in [-0.25, -0.2) is 18.6 Å². The summed E-state index contributed by atoms with van der Waals surface area (Å²) in [6.45, 7) is 0. The van der Waals surface area contributed by atoms with Gasteiger partial charge in [-0.15, -0.1) is 32.9 Å². The van der Waals surface area contributed by atoms with E-state index in [2.05, 4.69) is 76.1 Å². The van der Waals surface area contributed by atoms with Gasteiger partial charge < -0.3 is 0 Å². The molecule has 4 aromatic heterocycles. The molecule has 0 spiro atoms. The second-order valence-electron chi connectivity index (χ2n) is 4.99. The van der Waals surface area contributed by atoms with Crippen LogP contribution in [-0.4, -0.2) is 0 Å². The Balaban J connectivity index is 0.000000324. The normalized spacial score (nSPS) is 11.8. The Morgan fingerprint density at radius 2 is 1.64 bits per heavy atom. The summed E-state index contributed by atoms with van der Waals surface area (Å²) >= 11 is 3.55. The highest BCUT2D eigenvalue weighted by molar-refractivity contribution is 7.17. The van der Waals surface area contributed by atoms with Crippen molar-refractivity contribution in [3.05, 3.63) is 70.0 Å². The zero-order chi connectivity index (χ0) is 17.9. The van der Waals surface area contributed by atoms with Crippen LogP contribution in [0, 0.1) is 10.2 Å². The fourth-order valence-corrected chi connectivity index (χ4v) is 3.76. The molecule has 0 aliphatic heterocycles. The van der Waals surface area contributed by atoms with Crippen molar-refractivity contribution in [3.8, 4) is 0 Å². The smallest absolute Gasteiger partial charge is 0.219 e. The first-order valence-electron chi connectivity index (χ1n) is 7.05. The van der Waals surface area contributed by atoms with E-state index in [4.69, 9.17) is 18.6 Å². The maximum absolute atomic E-state index is 8.49. The van der Waals surface area contributed by atoms with Gasteiger partial charge in [-0.1, -0.05) is 12.1 Å². The quantitative estimate of drug-likeness (QED) is 0.452. The van der Waals surface area contributed by atoms with E-state index in [1.807, 2.05) is 0 Å². The van der Waals surface area contributed by atoms with E-state index in [9.17, 15) is 0 Å². The number of hydrogen-bond acceptors (Lipinski definition) is 6. The molecule has 0 unspecified atom stereocenters. The van der Waals surface area contributed by atoms with E-state index in [1.165, 1.54) is 26.0 Å². The van der Waals surface area contributed by atoms with E-state index in [0.717, 1.165) is 0 Å². The molecule has 0 aliphatic rings. The molecule has 8 heteroatoms. The van der Waals surface area contributed by atoms with Crippen molar-refractivity contribution in [2.75, 3.05) is 0 Å². The number of nitrogens with zero attached hydrogens (tertiary/aromatic N) is 1. The maximum atomic E-state index is 8.49. The van der Waals surface area contributed by atoms with Crippen LogP contribution < -0.4 is 23.0 Å². The van der Waals surface area contributed by atoms with E-state index in [1.54, 1.807) is 22.7 Å². The first-order chi connectivity index (χ1) is 11.9. The van der Waals surface area contributed by atoms with Crippen LogP contribution in [0.4, 0.5) is 0 Å². The predicted molar refractivity (Wildman–Crippen MR) is 88.2 cm³/mol. The van der Waals surface area contributed by atoms with Gasteiger partial charge in [-0.05, 0) is 34.5 Å². The van der Waals surface area contributed by atoms with Crippen molar-refractivity contribution in [3.63, 3.8) is 0 Å². The average Bonchev–Trinajstić information content (AvgIpc) is 3.22. The minimum Gasteiger partial charge on any atom is -0.222 e. The highest BCUT2D eigenvalue weighted by atomic mass is 35.7. The Morgan fingerprint density at radius 3 is 2.36 bits per heavy atom. The molecule has 0 bridgehead atoms. The summed E-state index contributed by atoms with van der Waals surface area (Å²) in [5.74, 6) is 0. The Labute approximate surface area is 153 Å². The zero-order valence-electron chi connectivity index (χ0n) is 12.7.